The van der Waals surface area contributed by atoms with Gasteiger partial charge in [-0.15, -0.1) is 0 Å². The zero-order valence-corrected chi connectivity index (χ0v) is 23.0. The smallest absolute Gasteiger partial charge is 0.410 e. The van der Waals surface area contributed by atoms with E-state index in [0.717, 1.165) is 24.0 Å². The molecule has 0 radical (unpaired) electrons. The van der Waals surface area contributed by atoms with E-state index in [1.165, 1.54) is 4.90 Å². The molecular weight excluding hydrogens is 482 g/mol. The van der Waals surface area contributed by atoms with Gasteiger partial charge >= 0.3 is 12.2 Å². The highest BCUT2D eigenvalue weighted by molar-refractivity contribution is 5.84. The van der Waals surface area contributed by atoms with Gasteiger partial charge in [-0.25, -0.2) is 9.59 Å². The predicted octanol–water partition coefficient (Wildman–Crippen LogP) is 5.19. The third kappa shape index (κ3) is 9.08. The number of nitrogens with one attached hydrogen (secondary N) is 1. The number of benzene rings is 2. The van der Waals surface area contributed by atoms with Gasteiger partial charge < -0.3 is 24.6 Å². The van der Waals surface area contributed by atoms with E-state index in [0.29, 0.717) is 32.6 Å². The first-order valence-corrected chi connectivity index (χ1v) is 13.4. The second kappa shape index (κ2) is 13.8. The van der Waals surface area contributed by atoms with Crippen LogP contribution in [0.1, 0.15) is 57.1 Å². The molecule has 1 heterocycles. The lowest BCUT2D eigenvalue weighted by Gasteiger charge is -2.35. The highest BCUT2D eigenvalue weighted by Crippen LogP contribution is 2.33. The molecule has 3 rings (SSSR count). The van der Waals surface area contributed by atoms with Crippen molar-refractivity contribution >= 4 is 18.1 Å². The summed E-state index contributed by atoms with van der Waals surface area (Å²) in [7, 11) is 1.70. The van der Waals surface area contributed by atoms with Crippen molar-refractivity contribution in [2.45, 2.75) is 58.2 Å². The fourth-order valence-corrected chi connectivity index (χ4v) is 4.59. The van der Waals surface area contributed by atoms with Gasteiger partial charge in [-0.3, -0.25) is 4.79 Å². The molecular formula is C30H41N3O5. The molecule has 0 saturated carbocycles. The van der Waals surface area contributed by atoms with Gasteiger partial charge in [-0.2, -0.15) is 0 Å². The monoisotopic (exact) mass is 523 g/mol. The Morgan fingerprint density at radius 2 is 1.61 bits per heavy atom. The maximum absolute atomic E-state index is 13.4. The van der Waals surface area contributed by atoms with Gasteiger partial charge in [0.1, 0.15) is 12.2 Å². The van der Waals surface area contributed by atoms with Crippen LogP contribution in [0.4, 0.5) is 9.59 Å². The van der Waals surface area contributed by atoms with E-state index >= 15 is 0 Å². The molecule has 1 fully saturated rings. The average Bonchev–Trinajstić information content (AvgIpc) is 2.90. The Hall–Kier alpha value is -3.55. The minimum absolute atomic E-state index is 0.0266. The number of likely N-dealkylation sites (tertiary alicyclic amines) is 1. The summed E-state index contributed by atoms with van der Waals surface area (Å²) in [4.78, 5) is 41.4. The molecule has 3 amide bonds. The molecule has 2 aromatic carbocycles. The van der Waals surface area contributed by atoms with Crippen molar-refractivity contribution in [2.24, 2.45) is 5.92 Å². The van der Waals surface area contributed by atoms with E-state index in [1.54, 1.807) is 11.9 Å². The van der Waals surface area contributed by atoms with Gasteiger partial charge in [0.05, 0.1) is 5.92 Å². The molecule has 38 heavy (non-hydrogen) atoms. The van der Waals surface area contributed by atoms with E-state index in [4.69, 9.17) is 9.47 Å². The lowest BCUT2D eigenvalue weighted by molar-refractivity contribution is -0.124. The number of hydrogen-bond acceptors (Lipinski definition) is 5. The molecule has 0 aromatic heterocycles. The maximum Gasteiger partial charge on any atom is 0.410 e. The van der Waals surface area contributed by atoms with Crippen LogP contribution in [-0.2, 0) is 20.9 Å². The first-order chi connectivity index (χ1) is 18.1. The average molecular weight is 524 g/mol. The van der Waals surface area contributed by atoms with Crippen molar-refractivity contribution in [3.05, 3.63) is 71.8 Å². The summed E-state index contributed by atoms with van der Waals surface area (Å²) < 4.78 is 10.9. The molecule has 8 nitrogen and oxygen atoms in total. The van der Waals surface area contributed by atoms with E-state index in [1.807, 2.05) is 81.4 Å². The van der Waals surface area contributed by atoms with Crippen LogP contribution < -0.4 is 5.32 Å². The number of hydrogen-bond donors (Lipinski definition) is 1. The third-order valence-electron chi connectivity index (χ3n) is 6.59. The second-order valence-electron chi connectivity index (χ2n) is 10.8. The molecule has 1 unspecified atom stereocenters. The normalized spacial score (nSPS) is 14.9. The minimum Gasteiger partial charge on any atom is -0.445 e. The highest BCUT2D eigenvalue weighted by atomic mass is 16.6. The van der Waals surface area contributed by atoms with Crippen molar-refractivity contribution < 1.29 is 23.9 Å². The van der Waals surface area contributed by atoms with Gasteiger partial charge in [0.25, 0.3) is 0 Å². The maximum atomic E-state index is 13.4. The van der Waals surface area contributed by atoms with Crippen molar-refractivity contribution in [3.8, 4) is 0 Å². The Bertz CT molecular complexity index is 1030. The van der Waals surface area contributed by atoms with Gasteiger partial charge in [0.15, 0.2) is 0 Å². The van der Waals surface area contributed by atoms with Crippen LogP contribution in [0.5, 0.6) is 0 Å². The Morgan fingerprint density at radius 3 is 2.21 bits per heavy atom. The van der Waals surface area contributed by atoms with Gasteiger partial charge in [-0.05, 0) is 57.1 Å². The molecule has 1 aliphatic rings. The summed E-state index contributed by atoms with van der Waals surface area (Å²) in [5, 5.41) is 3.07. The lowest BCUT2D eigenvalue weighted by Crippen LogP contribution is -2.43. The summed E-state index contributed by atoms with van der Waals surface area (Å²) >= 11 is 0. The van der Waals surface area contributed by atoms with Crippen LogP contribution in [0, 0.1) is 5.92 Å². The largest absolute Gasteiger partial charge is 0.445 e. The van der Waals surface area contributed by atoms with Crippen LogP contribution in [0.2, 0.25) is 0 Å². The van der Waals surface area contributed by atoms with Crippen molar-refractivity contribution in [1.82, 2.24) is 15.1 Å². The number of nitrogens with zero attached hydrogens (tertiary/aromatic N) is 2. The summed E-state index contributed by atoms with van der Waals surface area (Å²) in [5.41, 5.74) is 1.38. The van der Waals surface area contributed by atoms with Crippen LogP contribution in [0.3, 0.4) is 0 Å². The molecule has 0 aliphatic carbocycles. The quantitative estimate of drug-likeness (QED) is 0.457. The summed E-state index contributed by atoms with van der Waals surface area (Å²) in [6.45, 7) is 7.79. The standard InChI is InChI=1S/C30H41N3O5/c1-30(2,3)38-28(35)32(4)19-11-18-31-27(34)26(24-14-9-6-10-15-24)25-16-20-33(21-17-25)29(36)37-22-23-12-7-5-8-13-23/h5-10,12-15,25-26H,11,16-22H2,1-4H3,(H,31,34). The SMILES string of the molecule is CN(CCCNC(=O)C(c1ccccc1)C1CCN(C(=O)OCc2ccccc2)CC1)C(=O)OC(C)(C)C. The van der Waals surface area contributed by atoms with E-state index in [2.05, 4.69) is 5.32 Å². The number of carbonyl (C=O) groups is 3. The Kier molecular flexibility index (Phi) is 10.6. The highest BCUT2D eigenvalue weighted by Gasteiger charge is 2.34. The third-order valence-corrected chi connectivity index (χ3v) is 6.59. The predicted molar refractivity (Wildman–Crippen MR) is 147 cm³/mol. The number of rotatable bonds is 9. The van der Waals surface area contributed by atoms with E-state index < -0.39 is 5.60 Å². The van der Waals surface area contributed by atoms with E-state index in [-0.39, 0.29) is 36.5 Å². The molecule has 0 bridgehead atoms. The zero-order chi connectivity index (χ0) is 27.5. The number of ether oxygens (including phenoxy) is 2. The summed E-state index contributed by atoms with van der Waals surface area (Å²) in [6, 6.07) is 19.4. The fourth-order valence-electron chi connectivity index (χ4n) is 4.59. The Labute approximate surface area is 226 Å². The molecule has 0 spiro atoms. The van der Waals surface area contributed by atoms with E-state index in [9.17, 15) is 14.4 Å². The zero-order valence-electron chi connectivity index (χ0n) is 23.0. The number of carbonyl (C=O) groups excluding carboxylic acids is 3. The Balaban J connectivity index is 1.50. The van der Waals surface area contributed by atoms with Crippen molar-refractivity contribution in [3.63, 3.8) is 0 Å². The fraction of sp³-hybridized carbons (Fsp3) is 0.500. The molecule has 1 saturated heterocycles. The molecule has 8 heteroatoms. The molecule has 206 valence electrons. The second-order valence-corrected chi connectivity index (χ2v) is 10.8. The molecule has 1 N–H and O–H groups in total. The van der Waals surface area contributed by atoms with Crippen LogP contribution in [0.25, 0.3) is 0 Å². The van der Waals surface area contributed by atoms with Gasteiger partial charge in [0, 0.05) is 33.2 Å². The van der Waals surface area contributed by atoms with Gasteiger partial charge in [0.2, 0.25) is 5.91 Å². The molecule has 1 atom stereocenters. The molecule has 2 aromatic rings. The van der Waals surface area contributed by atoms with Crippen LogP contribution in [-0.4, -0.2) is 66.7 Å². The van der Waals surface area contributed by atoms with Crippen molar-refractivity contribution in [1.29, 1.82) is 0 Å². The lowest BCUT2D eigenvalue weighted by atomic mass is 9.79. The minimum atomic E-state index is -0.545. The first-order valence-electron chi connectivity index (χ1n) is 13.4. The Morgan fingerprint density at radius 1 is 1.00 bits per heavy atom. The van der Waals surface area contributed by atoms with Crippen LogP contribution >= 0.6 is 0 Å². The number of amides is 3. The topological polar surface area (TPSA) is 88.2 Å². The number of piperidine rings is 1. The summed E-state index contributed by atoms with van der Waals surface area (Å²) in [6.07, 6.45) is 1.36. The van der Waals surface area contributed by atoms with Crippen molar-refractivity contribution in [2.75, 3.05) is 33.2 Å². The van der Waals surface area contributed by atoms with Gasteiger partial charge in [-0.1, -0.05) is 60.7 Å². The first kappa shape index (κ1) is 29.0. The summed E-state index contributed by atoms with van der Waals surface area (Å²) in [5.74, 6) is -0.219. The van der Waals surface area contributed by atoms with Crippen LogP contribution in [0.15, 0.2) is 60.7 Å². The molecule has 1 aliphatic heterocycles.